The highest BCUT2D eigenvalue weighted by Crippen LogP contribution is 2.25. The second kappa shape index (κ2) is 7.59. The lowest BCUT2D eigenvalue weighted by molar-refractivity contribution is 0.219. The summed E-state index contributed by atoms with van der Waals surface area (Å²) in [5, 5.41) is 6.18. The van der Waals surface area contributed by atoms with Crippen LogP contribution in [0.1, 0.15) is 30.7 Å². The van der Waals surface area contributed by atoms with Crippen molar-refractivity contribution < 1.29 is 9.26 Å². The quantitative estimate of drug-likeness (QED) is 0.637. The minimum absolute atomic E-state index is 0.311. The van der Waals surface area contributed by atoms with Crippen molar-refractivity contribution >= 4 is 11.3 Å². The summed E-state index contributed by atoms with van der Waals surface area (Å²) in [4.78, 5) is 8.02. The average molecular weight is 343 g/mol. The normalized spacial score (nSPS) is 12.5. The van der Waals surface area contributed by atoms with Gasteiger partial charge in [0.15, 0.2) is 0 Å². The fourth-order valence-electron chi connectivity index (χ4n) is 2.40. The molecule has 24 heavy (non-hydrogen) atoms. The van der Waals surface area contributed by atoms with E-state index < -0.39 is 0 Å². The molecule has 2 heterocycles. The van der Waals surface area contributed by atoms with Crippen molar-refractivity contribution in [3.63, 3.8) is 0 Å². The molecule has 0 amide bonds. The predicted molar refractivity (Wildman–Crippen MR) is 95.1 cm³/mol. The van der Waals surface area contributed by atoms with E-state index in [1.54, 1.807) is 11.3 Å². The van der Waals surface area contributed by atoms with Gasteiger partial charge in [-0.1, -0.05) is 11.2 Å². The van der Waals surface area contributed by atoms with Crippen molar-refractivity contribution in [2.75, 3.05) is 13.7 Å². The van der Waals surface area contributed by atoms with Crippen molar-refractivity contribution in [2.24, 2.45) is 0 Å². The van der Waals surface area contributed by atoms with Crippen LogP contribution < -0.4 is 4.74 Å². The summed E-state index contributed by atoms with van der Waals surface area (Å²) >= 11 is 1.76. The number of hydrogen-bond acceptors (Lipinski definition) is 6. The second-order valence-corrected chi connectivity index (χ2v) is 6.55. The van der Waals surface area contributed by atoms with E-state index in [1.165, 1.54) is 4.88 Å². The first-order valence-corrected chi connectivity index (χ1v) is 8.84. The highest BCUT2D eigenvalue weighted by molar-refractivity contribution is 7.10. The Labute approximate surface area is 145 Å². The maximum atomic E-state index is 5.45. The summed E-state index contributed by atoms with van der Waals surface area (Å²) in [7, 11) is 2.06. The molecular formula is C18H21N3O2S. The highest BCUT2D eigenvalue weighted by Gasteiger charge is 2.16. The van der Waals surface area contributed by atoms with Gasteiger partial charge in [-0.3, -0.25) is 4.90 Å². The van der Waals surface area contributed by atoms with Gasteiger partial charge in [-0.25, -0.2) is 0 Å². The number of aromatic nitrogens is 2. The van der Waals surface area contributed by atoms with Crippen LogP contribution in [0, 0.1) is 0 Å². The molecule has 126 valence electrons. The largest absolute Gasteiger partial charge is 0.494 e. The van der Waals surface area contributed by atoms with Gasteiger partial charge >= 0.3 is 0 Å². The average Bonchev–Trinajstić information content (AvgIpc) is 3.27. The van der Waals surface area contributed by atoms with Gasteiger partial charge in [-0.15, -0.1) is 11.3 Å². The molecule has 0 aliphatic heterocycles. The predicted octanol–water partition coefficient (Wildman–Crippen LogP) is 4.39. The molecule has 1 atom stereocenters. The number of nitrogens with zero attached hydrogens (tertiary/aromatic N) is 3. The smallest absolute Gasteiger partial charge is 0.241 e. The zero-order valence-electron chi connectivity index (χ0n) is 14.1. The van der Waals surface area contributed by atoms with Crippen LogP contribution in [0.2, 0.25) is 0 Å². The van der Waals surface area contributed by atoms with Gasteiger partial charge in [0.1, 0.15) is 5.75 Å². The minimum atomic E-state index is 0.311. The summed E-state index contributed by atoms with van der Waals surface area (Å²) < 4.78 is 10.9. The van der Waals surface area contributed by atoms with Crippen LogP contribution >= 0.6 is 11.3 Å². The molecule has 0 N–H and O–H groups in total. The highest BCUT2D eigenvalue weighted by atomic mass is 32.1. The molecule has 1 unspecified atom stereocenters. The van der Waals surface area contributed by atoms with E-state index in [4.69, 9.17) is 9.26 Å². The van der Waals surface area contributed by atoms with Crippen LogP contribution in [-0.2, 0) is 6.54 Å². The lowest BCUT2D eigenvalue weighted by Gasteiger charge is -2.21. The maximum absolute atomic E-state index is 5.45. The Morgan fingerprint density at radius 1 is 1.25 bits per heavy atom. The molecule has 0 radical (unpaired) electrons. The molecule has 2 aromatic heterocycles. The first-order chi connectivity index (χ1) is 11.7. The number of thiophene rings is 1. The summed E-state index contributed by atoms with van der Waals surface area (Å²) in [5.74, 6) is 2.06. The van der Waals surface area contributed by atoms with Crippen LogP contribution in [0.15, 0.2) is 46.3 Å². The minimum Gasteiger partial charge on any atom is -0.494 e. The Morgan fingerprint density at radius 3 is 2.71 bits per heavy atom. The van der Waals surface area contributed by atoms with Gasteiger partial charge in [0.05, 0.1) is 13.2 Å². The van der Waals surface area contributed by atoms with Gasteiger partial charge in [-0.2, -0.15) is 4.98 Å². The maximum Gasteiger partial charge on any atom is 0.241 e. The summed E-state index contributed by atoms with van der Waals surface area (Å²) in [6.45, 7) is 5.41. The van der Waals surface area contributed by atoms with E-state index in [1.807, 2.05) is 31.2 Å². The van der Waals surface area contributed by atoms with Gasteiger partial charge in [0.2, 0.25) is 11.7 Å². The first-order valence-electron chi connectivity index (χ1n) is 7.97. The topological polar surface area (TPSA) is 51.4 Å². The fourth-order valence-corrected chi connectivity index (χ4v) is 3.25. The fraction of sp³-hybridized carbons (Fsp3) is 0.333. The van der Waals surface area contributed by atoms with Crippen LogP contribution in [0.3, 0.4) is 0 Å². The zero-order chi connectivity index (χ0) is 16.9. The van der Waals surface area contributed by atoms with Crippen LogP contribution in [0.25, 0.3) is 11.4 Å². The van der Waals surface area contributed by atoms with Crippen molar-refractivity contribution in [3.8, 4) is 17.1 Å². The molecule has 5 nitrogen and oxygen atoms in total. The van der Waals surface area contributed by atoms with Gasteiger partial charge in [0.25, 0.3) is 0 Å². The lowest BCUT2D eigenvalue weighted by Crippen LogP contribution is -2.21. The molecule has 0 aliphatic rings. The van der Waals surface area contributed by atoms with E-state index in [0.717, 1.165) is 11.3 Å². The third-order valence-electron chi connectivity index (χ3n) is 3.89. The Balaban J connectivity index is 1.66. The van der Waals surface area contributed by atoms with E-state index >= 15 is 0 Å². The molecule has 0 aliphatic carbocycles. The zero-order valence-corrected chi connectivity index (χ0v) is 14.9. The molecule has 0 saturated heterocycles. The van der Waals surface area contributed by atoms with E-state index in [2.05, 4.69) is 46.5 Å². The van der Waals surface area contributed by atoms with Crippen LogP contribution in [0.5, 0.6) is 5.75 Å². The SMILES string of the molecule is CCOc1ccc(-c2noc(CN(C)C(C)c3cccs3)n2)cc1. The second-order valence-electron chi connectivity index (χ2n) is 5.58. The molecule has 3 rings (SSSR count). The Kier molecular flexibility index (Phi) is 5.27. The van der Waals surface area contributed by atoms with Crippen LogP contribution in [-0.4, -0.2) is 28.7 Å². The van der Waals surface area contributed by atoms with Crippen LogP contribution in [0.4, 0.5) is 0 Å². The lowest BCUT2D eigenvalue weighted by atomic mass is 10.2. The molecule has 0 fully saturated rings. The number of rotatable bonds is 7. The molecule has 0 spiro atoms. The van der Waals surface area contributed by atoms with Gasteiger partial charge < -0.3 is 9.26 Å². The number of ether oxygens (including phenoxy) is 1. The molecular weight excluding hydrogens is 322 g/mol. The molecule has 6 heteroatoms. The summed E-state index contributed by atoms with van der Waals surface area (Å²) in [5.41, 5.74) is 0.919. The third-order valence-corrected chi connectivity index (χ3v) is 4.93. The Hall–Kier alpha value is -2.18. The Morgan fingerprint density at radius 2 is 2.04 bits per heavy atom. The number of hydrogen-bond donors (Lipinski definition) is 0. The van der Waals surface area contributed by atoms with Crippen molar-refractivity contribution in [1.29, 1.82) is 0 Å². The van der Waals surface area contributed by atoms with E-state index in [-0.39, 0.29) is 0 Å². The first kappa shape index (κ1) is 16.7. The van der Waals surface area contributed by atoms with Gasteiger partial charge in [-0.05, 0) is 56.6 Å². The Bertz CT molecular complexity index is 753. The standard InChI is InChI=1S/C18H21N3O2S/c1-4-22-15-9-7-14(8-10-15)18-19-17(23-20-18)12-21(3)13(2)16-6-5-11-24-16/h5-11,13H,4,12H2,1-3H3. The molecule has 1 aromatic carbocycles. The molecule has 0 saturated carbocycles. The monoisotopic (exact) mass is 343 g/mol. The van der Waals surface area contributed by atoms with Crippen molar-refractivity contribution in [3.05, 3.63) is 52.5 Å². The van der Waals surface area contributed by atoms with Crippen molar-refractivity contribution in [1.82, 2.24) is 15.0 Å². The summed E-state index contributed by atoms with van der Waals surface area (Å²) in [6, 6.07) is 12.2. The van der Waals surface area contributed by atoms with Crippen molar-refractivity contribution in [2.45, 2.75) is 26.4 Å². The number of benzene rings is 1. The van der Waals surface area contributed by atoms with Gasteiger partial charge in [0, 0.05) is 16.5 Å². The molecule has 0 bridgehead atoms. The van der Waals surface area contributed by atoms with E-state index in [0.29, 0.717) is 30.9 Å². The third kappa shape index (κ3) is 3.83. The molecule has 3 aromatic rings. The van der Waals surface area contributed by atoms with E-state index in [9.17, 15) is 0 Å². The summed E-state index contributed by atoms with van der Waals surface area (Å²) in [6.07, 6.45) is 0.